The fraction of sp³-hybridized carbons (Fsp3) is 0. The fourth-order valence-electron chi connectivity index (χ4n) is 1.20. The number of carbonyl (C=O) groups excluding carboxylic acids is 1. The quantitative estimate of drug-likeness (QED) is 0.691. The summed E-state index contributed by atoms with van der Waals surface area (Å²) in [6, 6.07) is 3.76. The molecule has 4 heteroatoms. The van der Waals surface area contributed by atoms with E-state index in [9.17, 15) is 13.6 Å². The molecule has 1 heterocycles. The van der Waals surface area contributed by atoms with E-state index < -0.39 is 11.6 Å². The minimum atomic E-state index is -1.00. The Morgan fingerprint density at radius 1 is 1.29 bits per heavy atom. The predicted molar refractivity (Wildman–Crippen MR) is 46.5 cm³/mol. The van der Waals surface area contributed by atoms with Gasteiger partial charge in [-0.05, 0) is 18.2 Å². The number of pyridine rings is 1. The maximum Gasteiger partial charge on any atom is 0.235 e. The van der Waals surface area contributed by atoms with Gasteiger partial charge >= 0.3 is 0 Å². The second-order valence-corrected chi connectivity index (χ2v) is 2.76. The minimum Gasteiger partial charge on any atom is -0.285 e. The Balaban J connectivity index is 2.81. The molecule has 0 atom stereocenters. The maximum atomic E-state index is 13.1. The monoisotopic (exact) mass is 192 g/mol. The van der Waals surface area contributed by atoms with Crippen molar-refractivity contribution in [3.05, 3.63) is 41.6 Å². The summed E-state index contributed by atoms with van der Waals surface area (Å²) in [5.41, 5.74) is 0.132. The first kappa shape index (κ1) is 8.74. The van der Waals surface area contributed by atoms with Crippen molar-refractivity contribution in [1.29, 1.82) is 0 Å². The zero-order chi connectivity index (χ0) is 10.1. The van der Waals surface area contributed by atoms with E-state index in [1.54, 1.807) is 6.29 Å². The van der Waals surface area contributed by atoms with E-state index in [-0.39, 0.29) is 11.1 Å². The summed E-state index contributed by atoms with van der Waals surface area (Å²) < 4.78 is 25.8. The number of benzene rings is 1. The van der Waals surface area contributed by atoms with Gasteiger partial charge in [-0.2, -0.15) is 0 Å². The van der Waals surface area contributed by atoms with Crippen LogP contribution >= 0.6 is 0 Å². The Hall–Kier alpha value is -1.84. The number of rotatable bonds is 1. The highest BCUT2D eigenvalue weighted by molar-refractivity contribution is 5.86. The number of halogens is 2. The van der Waals surface area contributed by atoms with Crippen LogP contribution in [-0.4, -0.2) is 11.3 Å². The SMILES string of the molecule is O=[C]c1cnc2c(F)c(F)ccc2c1. The van der Waals surface area contributed by atoms with Crippen molar-refractivity contribution in [3.63, 3.8) is 0 Å². The summed E-state index contributed by atoms with van der Waals surface area (Å²) >= 11 is 0. The summed E-state index contributed by atoms with van der Waals surface area (Å²) in [7, 11) is 0. The van der Waals surface area contributed by atoms with Crippen molar-refractivity contribution in [2.75, 3.05) is 0 Å². The molecule has 0 saturated carbocycles. The third-order valence-corrected chi connectivity index (χ3v) is 1.86. The average molecular weight is 192 g/mol. The van der Waals surface area contributed by atoms with Crippen LogP contribution < -0.4 is 0 Å². The number of nitrogens with zero attached hydrogens (tertiary/aromatic N) is 1. The highest BCUT2D eigenvalue weighted by atomic mass is 19.2. The summed E-state index contributed by atoms with van der Waals surface area (Å²) in [5, 5.41) is 0.379. The first-order valence-corrected chi connectivity index (χ1v) is 3.84. The second-order valence-electron chi connectivity index (χ2n) is 2.76. The molecule has 2 aromatic rings. The molecular weight excluding hydrogens is 188 g/mol. The number of fused-ring (bicyclic) bond motifs is 1. The topological polar surface area (TPSA) is 30.0 Å². The van der Waals surface area contributed by atoms with Crippen LogP contribution in [0.15, 0.2) is 24.4 Å². The molecule has 14 heavy (non-hydrogen) atoms. The third kappa shape index (κ3) is 1.25. The maximum absolute atomic E-state index is 13.1. The molecule has 1 aromatic heterocycles. The minimum absolute atomic E-state index is 0.0796. The van der Waals surface area contributed by atoms with E-state index in [4.69, 9.17) is 0 Å². The normalized spacial score (nSPS) is 10.4. The standard InChI is InChI=1S/C10H4F2NO/c11-8-2-1-7-3-6(5-14)4-13-10(7)9(8)12/h1-4H. The van der Waals surface area contributed by atoms with E-state index in [1.165, 1.54) is 12.1 Å². The lowest BCUT2D eigenvalue weighted by molar-refractivity contribution is 0.515. The molecular formula is C10H4F2NO. The molecule has 1 aromatic carbocycles. The van der Waals surface area contributed by atoms with E-state index in [1.807, 2.05) is 0 Å². The van der Waals surface area contributed by atoms with Crippen molar-refractivity contribution in [1.82, 2.24) is 4.98 Å². The predicted octanol–water partition coefficient (Wildman–Crippen LogP) is 1.97. The zero-order valence-electron chi connectivity index (χ0n) is 6.92. The Morgan fingerprint density at radius 2 is 2.07 bits per heavy atom. The zero-order valence-corrected chi connectivity index (χ0v) is 6.92. The Morgan fingerprint density at radius 3 is 2.79 bits per heavy atom. The van der Waals surface area contributed by atoms with Gasteiger partial charge in [-0.3, -0.25) is 9.78 Å². The summed E-state index contributed by atoms with van der Waals surface area (Å²) in [5.74, 6) is -1.95. The van der Waals surface area contributed by atoms with Crippen LogP contribution in [0.3, 0.4) is 0 Å². The highest BCUT2D eigenvalue weighted by Gasteiger charge is 2.08. The summed E-state index contributed by atoms with van der Waals surface area (Å²) in [4.78, 5) is 13.9. The fourth-order valence-corrected chi connectivity index (χ4v) is 1.20. The first-order chi connectivity index (χ1) is 6.72. The molecule has 0 saturated heterocycles. The summed E-state index contributed by atoms with van der Waals surface area (Å²) in [6.45, 7) is 0. The summed E-state index contributed by atoms with van der Waals surface area (Å²) in [6.07, 6.45) is 2.78. The number of hydrogen-bond acceptors (Lipinski definition) is 2. The van der Waals surface area contributed by atoms with Gasteiger partial charge in [0.05, 0.1) is 0 Å². The lowest BCUT2D eigenvalue weighted by Crippen LogP contribution is -1.91. The lowest BCUT2D eigenvalue weighted by atomic mass is 10.1. The van der Waals surface area contributed by atoms with Gasteiger partial charge in [-0.1, -0.05) is 0 Å². The van der Waals surface area contributed by atoms with Crippen LogP contribution in [0.2, 0.25) is 0 Å². The van der Waals surface area contributed by atoms with Crippen LogP contribution in [0.4, 0.5) is 8.78 Å². The largest absolute Gasteiger partial charge is 0.285 e. The molecule has 0 spiro atoms. The molecule has 0 fully saturated rings. The smallest absolute Gasteiger partial charge is 0.235 e. The van der Waals surface area contributed by atoms with Gasteiger partial charge < -0.3 is 0 Å². The van der Waals surface area contributed by atoms with Crippen LogP contribution in [-0.2, 0) is 4.79 Å². The Bertz CT molecular complexity index is 511. The molecule has 0 aliphatic rings. The number of hydrogen-bond donors (Lipinski definition) is 0. The van der Waals surface area contributed by atoms with E-state index in [0.717, 1.165) is 12.3 Å². The second kappa shape index (κ2) is 3.14. The highest BCUT2D eigenvalue weighted by Crippen LogP contribution is 2.18. The van der Waals surface area contributed by atoms with Gasteiger partial charge in [0.25, 0.3) is 0 Å². The van der Waals surface area contributed by atoms with Gasteiger partial charge in [-0.15, -0.1) is 0 Å². The van der Waals surface area contributed by atoms with Gasteiger partial charge in [0, 0.05) is 17.1 Å². The average Bonchev–Trinajstić information content (AvgIpc) is 2.23. The molecule has 0 bridgehead atoms. The van der Waals surface area contributed by atoms with Crippen molar-refractivity contribution < 1.29 is 13.6 Å². The van der Waals surface area contributed by atoms with Gasteiger partial charge in [0.1, 0.15) is 5.52 Å². The van der Waals surface area contributed by atoms with E-state index in [0.29, 0.717) is 5.39 Å². The van der Waals surface area contributed by atoms with Crippen LogP contribution in [0, 0.1) is 11.6 Å². The Labute approximate surface area is 78.2 Å². The van der Waals surface area contributed by atoms with Crippen LogP contribution in [0.5, 0.6) is 0 Å². The van der Waals surface area contributed by atoms with Gasteiger partial charge in [-0.25, -0.2) is 8.78 Å². The molecule has 0 aliphatic carbocycles. The number of aromatic nitrogens is 1. The van der Waals surface area contributed by atoms with Crippen LogP contribution in [0.1, 0.15) is 5.56 Å². The molecule has 0 N–H and O–H groups in total. The first-order valence-electron chi connectivity index (χ1n) is 3.84. The molecule has 0 unspecified atom stereocenters. The molecule has 2 rings (SSSR count). The van der Waals surface area contributed by atoms with E-state index in [2.05, 4.69) is 4.98 Å². The third-order valence-electron chi connectivity index (χ3n) is 1.86. The van der Waals surface area contributed by atoms with Crippen molar-refractivity contribution >= 4 is 17.2 Å². The van der Waals surface area contributed by atoms with Gasteiger partial charge in [0.15, 0.2) is 11.6 Å². The van der Waals surface area contributed by atoms with Crippen molar-refractivity contribution in [3.8, 4) is 0 Å². The van der Waals surface area contributed by atoms with Crippen molar-refractivity contribution in [2.24, 2.45) is 0 Å². The molecule has 0 aliphatic heterocycles. The Kier molecular flexibility index (Phi) is 1.96. The van der Waals surface area contributed by atoms with Crippen molar-refractivity contribution in [2.45, 2.75) is 0 Å². The molecule has 2 nitrogen and oxygen atoms in total. The lowest BCUT2D eigenvalue weighted by Gasteiger charge is -1.99. The molecule has 1 radical (unpaired) electrons. The van der Waals surface area contributed by atoms with Crippen LogP contribution in [0.25, 0.3) is 10.9 Å². The molecule has 69 valence electrons. The van der Waals surface area contributed by atoms with Gasteiger partial charge in [0.2, 0.25) is 6.29 Å². The molecule has 0 amide bonds. The van der Waals surface area contributed by atoms with E-state index >= 15 is 0 Å².